The first-order valence-electron chi connectivity index (χ1n) is 14.1. The molecule has 0 atom stereocenters. The number of nitrogens with one attached hydrogen (secondary N) is 1. The third-order valence-corrected chi connectivity index (χ3v) is 7.82. The Labute approximate surface area is 232 Å². The molecule has 0 spiro atoms. The molecule has 5 nitrogen and oxygen atoms in total. The van der Waals surface area contributed by atoms with Crippen LogP contribution < -0.4 is 4.74 Å². The zero-order valence-corrected chi connectivity index (χ0v) is 23.7. The van der Waals surface area contributed by atoms with E-state index < -0.39 is 0 Å². The van der Waals surface area contributed by atoms with Gasteiger partial charge in [-0.15, -0.1) is 0 Å². The maximum atomic E-state index is 13.9. The number of fused-ring (bicyclic) bond motifs is 1. The van der Waals surface area contributed by atoms with Crippen LogP contribution in [0.3, 0.4) is 0 Å². The zero-order chi connectivity index (χ0) is 27.4. The number of benzene rings is 3. The molecule has 0 aliphatic heterocycles. The Kier molecular flexibility index (Phi) is 8.08. The summed E-state index contributed by atoms with van der Waals surface area (Å²) in [6.07, 6.45) is 5.23. The fraction of sp³-hybridized carbons (Fsp3) is 0.382. The smallest absolute Gasteiger partial charge is 0.237 e. The Balaban J connectivity index is 1.32. The highest BCUT2D eigenvalue weighted by atomic mass is 16.5. The number of H-pyrrole nitrogens is 1. The van der Waals surface area contributed by atoms with Gasteiger partial charge in [0.2, 0.25) is 5.91 Å². The molecule has 1 aliphatic carbocycles. The van der Waals surface area contributed by atoms with E-state index in [1.54, 1.807) is 7.11 Å². The second-order valence-electron chi connectivity index (χ2n) is 11.9. The number of carbonyl (C=O) groups is 1. The lowest BCUT2D eigenvalue weighted by Crippen LogP contribution is -2.41. The van der Waals surface area contributed by atoms with Gasteiger partial charge in [0.15, 0.2) is 0 Å². The standard InChI is InChI=1S/C34H41N3O2/c1-34(2,3)28-13-9-25(10-14-28)22-36(20-19-27-21-35-32-8-6-5-7-31(27)32)33(38)24-37(29-15-16-29)23-26-11-17-30(39-4)18-12-26/h5-14,17-18,21,29,35H,15-16,19-20,22-24H2,1-4H3. The fourth-order valence-electron chi connectivity index (χ4n) is 5.21. The number of para-hydroxylation sites is 1. The molecule has 0 radical (unpaired) electrons. The van der Waals surface area contributed by atoms with E-state index in [-0.39, 0.29) is 11.3 Å². The van der Waals surface area contributed by atoms with E-state index in [0.29, 0.717) is 25.7 Å². The molecule has 39 heavy (non-hydrogen) atoms. The minimum absolute atomic E-state index is 0.107. The van der Waals surface area contributed by atoms with Gasteiger partial charge in [0, 0.05) is 42.8 Å². The third kappa shape index (κ3) is 6.90. The zero-order valence-electron chi connectivity index (χ0n) is 23.7. The van der Waals surface area contributed by atoms with Crippen molar-refractivity contribution in [1.82, 2.24) is 14.8 Å². The van der Waals surface area contributed by atoms with Gasteiger partial charge in [-0.1, -0.05) is 75.4 Å². The number of rotatable bonds is 11. The topological polar surface area (TPSA) is 48.6 Å². The Morgan fingerprint density at radius 1 is 0.923 bits per heavy atom. The predicted molar refractivity (Wildman–Crippen MR) is 159 cm³/mol. The maximum Gasteiger partial charge on any atom is 0.237 e. The molecule has 0 saturated heterocycles. The van der Waals surface area contributed by atoms with Gasteiger partial charge in [0.25, 0.3) is 0 Å². The number of hydrogen-bond acceptors (Lipinski definition) is 3. The lowest BCUT2D eigenvalue weighted by atomic mass is 9.87. The van der Waals surface area contributed by atoms with Gasteiger partial charge in [-0.2, -0.15) is 0 Å². The molecule has 1 amide bonds. The van der Waals surface area contributed by atoms with Gasteiger partial charge in [-0.3, -0.25) is 9.69 Å². The average Bonchev–Trinajstić information content (AvgIpc) is 3.71. The molecule has 204 valence electrons. The highest BCUT2D eigenvalue weighted by Gasteiger charge is 2.31. The number of amides is 1. The van der Waals surface area contributed by atoms with Crippen molar-refractivity contribution >= 4 is 16.8 Å². The van der Waals surface area contributed by atoms with Crippen LogP contribution >= 0.6 is 0 Å². The van der Waals surface area contributed by atoms with E-state index >= 15 is 0 Å². The maximum absolute atomic E-state index is 13.9. The normalized spacial score (nSPS) is 13.7. The average molecular weight is 524 g/mol. The molecule has 1 aromatic heterocycles. The van der Waals surface area contributed by atoms with Crippen LogP contribution in [0.4, 0.5) is 0 Å². The Hall–Kier alpha value is -3.57. The van der Waals surface area contributed by atoms with Crippen LogP contribution in [0.15, 0.2) is 79.0 Å². The van der Waals surface area contributed by atoms with Crippen molar-refractivity contribution in [3.8, 4) is 5.75 Å². The molecule has 3 aromatic carbocycles. The minimum atomic E-state index is 0.107. The summed E-state index contributed by atoms with van der Waals surface area (Å²) in [7, 11) is 1.69. The number of hydrogen-bond donors (Lipinski definition) is 1. The number of ether oxygens (including phenoxy) is 1. The van der Waals surface area contributed by atoms with Gasteiger partial charge in [-0.25, -0.2) is 0 Å². The summed E-state index contributed by atoms with van der Waals surface area (Å²) in [6.45, 7) is 9.20. The molecule has 5 heteroatoms. The lowest BCUT2D eigenvalue weighted by molar-refractivity contribution is -0.133. The highest BCUT2D eigenvalue weighted by Crippen LogP contribution is 2.29. The predicted octanol–water partition coefficient (Wildman–Crippen LogP) is 6.71. The van der Waals surface area contributed by atoms with Gasteiger partial charge in [0.1, 0.15) is 5.75 Å². The number of aromatic amines is 1. The van der Waals surface area contributed by atoms with Crippen LogP contribution in [0.5, 0.6) is 5.75 Å². The first kappa shape index (κ1) is 27.0. The van der Waals surface area contributed by atoms with Gasteiger partial charge < -0.3 is 14.6 Å². The molecule has 1 fully saturated rings. The van der Waals surface area contributed by atoms with E-state index in [2.05, 4.69) is 102 Å². The molecule has 1 aliphatic rings. The summed E-state index contributed by atoms with van der Waals surface area (Å²) in [5.41, 5.74) is 6.19. The second kappa shape index (κ2) is 11.7. The van der Waals surface area contributed by atoms with Gasteiger partial charge in [-0.05, 0) is 65.1 Å². The minimum Gasteiger partial charge on any atom is -0.497 e. The number of aromatic nitrogens is 1. The largest absolute Gasteiger partial charge is 0.497 e. The van der Waals surface area contributed by atoms with Crippen LogP contribution in [0.25, 0.3) is 10.9 Å². The van der Waals surface area contributed by atoms with Crippen molar-refractivity contribution in [2.75, 3.05) is 20.2 Å². The molecule has 1 saturated carbocycles. The van der Waals surface area contributed by atoms with Crippen molar-refractivity contribution < 1.29 is 9.53 Å². The van der Waals surface area contributed by atoms with Crippen molar-refractivity contribution in [2.24, 2.45) is 0 Å². The molecular formula is C34H41N3O2. The van der Waals surface area contributed by atoms with E-state index in [9.17, 15) is 4.79 Å². The molecule has 1 N–H and O–H groups in total. The molecular weight excluding hydrogens is 482 g/mol. The van der Waals surface area contributed by atoms with Crippen LogP contribution in [0.2, 0.25) is 0 Å². The summed E-state index contributed by atoms with van der Waals surface area (Å²) < 4.78 is 5.32. The summed E-state index contributed by atoms with van der Waals surface area (Å²) in [4.78, 5) is 21.7. The molecule has 4 aromatic rings. The number of nitrogens with zero attached hydrogens (tertiary/aromatic N) is 2. The molecule has 0 bridgehead atoms. The summed E-state index contributed by atoms with van der Waals surface area (Å²) in [6, 6.07) is 25.8. The van der Waals surface area contributed by atoms with Crippen LogP contribution in [0, 0.1) is 0 Å². The van der Waals surface area contributed by atoms with E-state index in [1.165, 1.54) is 27.6 Å². The first-order valence-corrected chi connectivity index (χ1v) is 14.1. The van der Waals surface area contributed by atoms with Crippen LogP contribution in [-0.4, -0.2) is 46.9 Å². The van der Waals surface area contributed by atoms with Crippen molar-refractivity contribution in [3.63, 3.8) is 0 Å². The molecule has 0 unspecified atom stereocenters. The monoisotopic (exact) mass is 523 g/mol. The Morgan fingerprint density at radius 2 is 1.59 bits per heavy atom. The summed E-state index contributed by atoms with van der Waals surface area (Å²) in [5.74, 6) is 1.05. The van der Waals surface area contributed by atoms with Crippen molar-refractivity contribution in [2.45, 2.75) is 64.6 Å². The van der Waals surface area contributed by atoms with Crippen LogP contribution in [0.1, 0.15) is 55.9 Å². The number of methoxy groups -OCH3 is 1. The number of carbonyl (C=O) groups excluding carboxylic acids is 1. The van der Waals surface area contributed by atoms with Crippen molar-refractivity contribution in [1.29, 1.82) is 0 Å². The second-order valence-corrected chi connectivity index (χ2v) is 11.9. The quantitative estimate of drug-likeness (QED) is 0.238. The fourth-order valence-corrected chi connectivity index (χ4v) is 5.21. The van der Waals surface area contributed by atoms with Crippen molar-refractivity contribution in [3.05, 3.63) is 101 Å². The first-order chi connectivity index (χ1) is 18.8. The summed E-state index contributed by atoms with van der Waals surface area (Å²) in [5, 5.41) is 1.23. The Morgan fingerprint density at radius 3 is 2.26 bits per heavy atom. The SMILES string of the molecule is COc1ccc(CN(CC(=O)N(CCc2c[nH]c3ccccc23)Cc2ccc(C(C)(C)C)cc2)C2CC2)cc1. The third-order valence-electron chi connectivity index (χ3n) is 7.82. The van der Waals surface area contributed by atoms with E-state index in [0.717, 1.165) is 37.1 Å². The summed E-state index contributed by atoms with van der Waals surface area (Å²) >= 11 is 0. The lowest BCUT2D eigenvalue weighted by Gasteiger charge is -2.28. The van der Waals surface area contributed by atoms with E-state index in [4.69, 9.17) is 4.74 Å². The van der Waals surface area contributed by atoms with Gasteiger partial charge in [0.05, 0.1) is 13.7 Å². The molecule has 1 heterocycles. The van der Waals surface area contributed by atoms with Gasteiger partial charge >= 0.3 is 0 Å². The highest BCUT2D eigenvalue weighted by molar-refractivity contribution is 5.83. The van der Waals surface area contributed by atoms with Crippen LogP contribution in [-0.2, 0) is 29.7 Å². The molecule has 5 rings (SSSR count). The van der Waals surface area contributed by atoms with E-state index in [1.807, 2.05) is 12.1 Å². The Bertz CT molecular complexity index is 1380.